The van der Waals surface area contributed by atoms with Crippen molar-refractivity contribution in [3.05, 3.63) is 62.9 Å². The molecule has 0 radical (unpaired) electrons. The number of thiophene rings is 1. The van der Waals surface area contributed by atoms with Gasteiger partial charge in [0.15, 0.2) is 0 Å². The molecule has 0 fully saturated rings. The van der Waals surface area contributed by atoms with Crippen LogP contribution in [0, 0.1) is 6.92 Å². The number of hydrogen-bond donors (Lipinski definition) is 1. The zero-order valence-corrected chi connectivity index (χ0v) is 13.0. The lowest BCUT2D eigenvalue weighted by Crippen LogP contribution is -2.23. The summed E-state index contributed by atoms with van der Waals surface area (Å²) in [6.45, 7) is 2.54. The largest absolute Gasteiger partial charge is 0.346 e. The topological polar surface area (TPSA) is 42.0 Å². The molecule has 0 aliphatic heterocycles. The highest BCUT2D eigenvalue weighted by Gasteiger charge is 2.11. The van der Waals surface area contributed by atoms with Crippen molar-refractivity contribution in [3.63, 3.8) is 0 Å². The normalized spacial score (nSPS) is 10.8. The molecule has 1 amide bonds. The minimum absolute atomic E-state index is 0.213. The van der Waals surface area contributed by atoms with E-state index in [1.807, 2.05) is 42.6 Å². The fraction of sp³-hybridized carbons (Fsp3) is 0.125. The van der Waals surface area contributed by atoms with Gasteiger partial charge in [0.1, 0.15) is 5.69 Å². The average molecular weight is 317 g/mol. The predicted molar refractivity (Wildman–Crippen MR) is 87.0 cm³/mol. The number of aryl methyl sites for hydroxylation is 1. The molecule has 0 bridgehead atoms. The van der Waals surface area contributed by atoms with Crippen LogP contribution >= 0.6 is 22.9 Å². The van der Waals surface area contributed by atoms with E-state index in [2.05, 4.69) is 10.3 Å². The Morgan fingerprint density at radius 3 is 2.90 bits per heavy atom. The number of rotatable bonds is 3. The third-order valence-corrected chi connectivity index (χ3v) is 4.61. The Balaban J connectivity index is 1.83. The summed E-state index contributed by atoms with van der Waals surface area (Å²) in [7, 11) is 0. The molecule has 21 heavy (non-hydrogen) atoms. The van der Waals surface area contributed by atoms with E-state index in [-0.39, 0.29) is 5.91 Å². The van der Waals surface area contributed by atoms with Gasteiger partial charge in [-0.25, -0.2) is 4.98 Å². The summed E-state index contributed by atoms with van der Waals surface area (Å²) in [6, 6.07) is 11.2. The fourth-order valence-corrected chi connectivity index (χ4v) is 3.19. The van der Waals surface area contributed by atoms with Crippen LogP contribution in [0.5, 0.6) is 0 Å². The Hall–Kier alpha value is -1.91. The molecule has 106 valence electrons. The Morgan fingerprint density at radius 2 is 2.14 bits per heavy atom. The van der Waals surface area contributed by atoms with Gasteiger partial charge in [-0.05, 0) is 36.1 Å². The lowest BCUT2D eigenvalue weighted by atomic mass is 10.2. The molecular weight excluding hydrogens is 304 g/mol. The summed E-state index contributed by atoms with van der Waals surface area (Å²) in [5.74, 6) is -0.213. The second-order valence-corrected chi connectivity index (χ2v) is 6.12. The van der Waals surface area contributed by atoms with Gasteiger partial charge in [-0.2, -0.15) is 0 Å². The molecule has 2 aromatic heterocycles. The van der Waals surface area contributed by atoms with Gasteiger partial charge in [-0.3, -0.25) is 4.79 Å². The average Bonchev–Trinajstić information content (AvgIpc) is 2.90. The number of amides is 1. The molecule has 3 nitrogen and oxygen atoms in total. The van der Waals surface area contributed by atoms with Crippen molar-refractivity contribution in [3.8, 4) is 0 Å². The molecule has 0 spiro atoms. The number of carbonyl (C=O) groups is 1. The first-order valence-corrected chi connectivity index (χ1v) is 7.77. The van der Waals surface area contributed by atoms with Gasteiger partial charge >= 0.3 is 0 Å². The number of nitrogens with zero attached hydrogens (tertiary/aromatic N) is 1. The van der Waals surface area contributed by atoms with E-state index in [1.54, 1.807) is 17.4 Å². The molecule has 1 N–H and O–H groups in total. The number of aromatic nitrogens is 1. The summed E-state index contributed by atoms with van der Waals surface area (Å²) in [5.41, 5.74) is 2.25. The van der Waals surface area contributed by atoms with Gasteiger partial charge in [0.2, 0.25) is 0 Å². The summed E-state index contributed by atoms with van der Waals surface area (Å²) in [4.78, 5) is 17.7. The number of pyridine rings is 1. The van der Waals surface area contributed by atoms with Crippen molar-refractivity contribution in [2.45, 2.75) is 13.5 Å². The van der Waals surface area contributed by atoms with Crippen molar-refractivity contribution >= 4 is 39.7 Å². The number of nitrogens with one attached hydrogen (secondary N) is 1. The first kappa shape index (κ1) is 14.0. The van der Waals surface area contributed by atoms with Gasteiger partial charge in [0, 0.05) is 10.3 Å². The molecule has 5 heteroatoms. The van der Waals surface area contributed by atoms with Gasteiger partial charge < -0.3 is 5.32 Å². The zero-order valence-electron chi connectivity index (χ0n) is 11.4. The number of carbonyl (C=O) groups excluding carboxylic acids is 1. The van der Waals surface area contributed by atoms with E-state index in [4.69, 9.17) is 11.6 Å². The van der Waals surface area contributed by atoms with Crippen LogP contribution < -0.4 is 5.32 Å². The molecule has 3 rings (SSSR count). The minimum atomic E-state index is -0.213. The highest BCUT2D eigenvalue weighted by molar-refractivity contribution is 7.10. The van der Waals surface area contributed by atoms with E-state index < -0.39 is 0 Å². The Labute approximate surface area is 131 Å². The third-order valence-electron chi connectivity index (χ3n) is 3.28. The zero-order chi connectivity index (χ0) is 14.8. The van der Waals surface area contributed by atoms with Gasteiger partial charge in [-0.15, -0.1) is 11.3 Å². The lowest BCUT2D eigenvalue weighted by molar-refractivity contribution is 0.0946. The highest BCUT2D eigenvalue weighted by atomic mass is 35.5. The number of para-hydroxylation sites is 1. The smallest absolute Gasteiger partial charge is 0.270 e. The van der Waals surface area contributed by atoms with Crippen molar-refractivity contribution < 1.29 is 4.79 Å². The van der Waals surface area contributed by atoms with E-state index >= 15 is 0 Å². The first-order chi connectivity index (χ1) is 10.1. The molecule has 0 aliphatic carbocycles. The van der Waals surface area contributed by atoms with Crippen molar-refractivity contribution in [1.29, 1.82) is 0 Å². The van der Waals surface area contributed by atoms with Gasteiger partial charge in [0.05, 0.1) is 17.1 Å². The van der Waals surface area contributed by atoms with E-state index in [9.17, 15) is 4.79 Å². The SMILES string of the molecule is Cc1ccsc1CNC(=O)c1cc(Cl)c2ccccc2n1. The second kappa shape index (κ2) is 5.84. The maximum absolute atomic E-state index is 12.2. The van der Waals surface area contributed by atoms with Crippen molar-refractivity contribution in [1.82, 2.24) is 10.3 Å². The van der Waals surface area contributed by atoms with Crippen LogP contribution in [-0.2, 0) is 6.54 Å². The summed E-state index contributed by atoms with van der Waals surface area (Å²) in [5, 5.41) is 6.29. The summed E-state index contributed by atoms with van der Waals surface area (Å²) in [6.07, 6.45) is 0. The fourth-order valence-electron chi connectivity index (χ4n) is 2.09. The quantitative estimate of drug-likeness (QED) is 0.787. The molecule has 0 aliphatic rings. The Kier molecular flexibility index (Phi) is 3.90. The monoisotopic (exact) mass is 316 g/mol. The molecule has 0 saturated carbocycles. The maximum Gasteiger partial charge on any atom is 0.270 e. The molecule has 0 saturated heterocycles. The number of benzene rings is 1. The lowest BCUT2D eigenvalue weighted by Gasteiger charge is -2.06. The minimum Gasteiger partial charge on any atom is -0.346 e. The van der Waals surface area contributed by atoms with Crippen LogP contribution in [0.3, 0.4) is 0 Å². The summed E-state index contributed by atoms with van der Waals surface area (Å²) < 4.78 is 0. The molecular formula is C16H13ClN2OS. The molecule has 0 atom stereocenters. The van der Waals surface area contributed by atoms with Crippen LogP contribution in [0.25, 0.3) is 10.9 Å². The third kappa shape index (κ3) is 2.91. The van der Waals surface area contributed by atoms with Crippen LogP contribution in [-0.4, -0.2) is 10.9 Å². The molecule has 3 aromatic rings. The van der Waals surface area contributed by atoms with E-state index in [1.165, 1.54) is 5.56 Å². The van der Waals surface area contributed by atoms with Crippen LogP contribution in [0.2, 0.25) is 5.02 Å². The van der Waals surface area contributed by atoms with Crippen molar-refractivity contribution in [2.75, 3.05) is 0 Å². The molecule has 0 unspecified atom stereocenters. The Bertz CT molecular complexity index is 813. The first-order valence-electron chi connectivity index (χ1n) is 6.51. The second-order valence-electron chi connectivity index (χ2n) is 4.72. The van der Waals surface area contributed by atoms with Gasteiger partial charge in [-0.1, -0.05) is 29.8 Å². The van der Waals surface area contributed by atoms with Crippen LogP contribution in [0.4, 0.5) is 0 Å². The molecule has 2 heterocycles. The van der Waals surface area contributed by atoms with E-state index in [0.717, 1.165) is 15.8 Å². The van der Waals surface area contributed by atoms with Crippen LogP contribution in [0.1, 0.15) is 20.9 Å². The maximum atomic E-state index is 12.2. The van der Waals surface area contributed by atoms with E-state index in [0.29, 0.717) is 17.3 Å². The summed E-state index contributed by atoms with van der Waals surface area (Å²) >= 11 is 7.84. The highest BCUT2D eigenvalue weighted by Crippen LogP contribution is 2.23. The van der Waals surface area contributed by atoms with Gasteiger partial charge in [0.25, 0.3) is 5.91 Å². The van der Waals surface area contributed by atoms with Crippen molar-refractivity contribution in [2.24, 2.45) is 0 Å². The Morgan fingerprint density at radius 1 is 1.33 bits per heavy atom. The standard InChI is InChI=1S/C16H13ClN2OS/c1-10-6-7-21-15(10)9-18-16(20)14-8-12(17)11-4-2-3-5-13(11)19-14/h2-8H,9H2,1H3,(H,18,20). The van der Waals surface area contributed by atoms with Crippen LogP contribution in [0.15, 0.2) is 41.8 Å². The number of fused-ring (bicyclic) bond motifs is 1. The number of hydrogen-bond acceptors (Lipinski definition) is 3. The predicted octanol–water partition coefficient (Wildman–Crippen LogP) is 4.19. The molecule has 1 aromatic carbocycles. The number of halogens is 1.